The van der Waals surface area contributed by atoms with Crippen LogP contribution in [-0.4, -0.2) is 31.1 Å². The molecule has 0 unspecified atom stereocenters. The molecule has 0 saturated carbocycles. The van der Waals surface area contributed by atoms with Gasteiger partial charge >= 0.3 is 0 Å². The van der Waals surface area contributed by atoms with Gasteiger partial charge in [-0.25, -0.2) is 0 Å². The van der Waals surface area contributed by atoms with E-state index >= 15 is 0 Å². The summed E-state index contributed by atoms with van der Waals surface area (Å²) < 4.78 is 1.19. The van der Waals surface area contributed by atoms with Gasteiger partial charge < -0.3 is 5.32 Å². The van der Waals surface area contributed by atoms with Crippen LogP contribution in [0.3, 0.4) is 0 Å². The molecule has 15 heavy (non-hydrogen) atoms. The van der Waals surface area contributed by atoms with Crippen LogP contribution >= 0.6 is 27.3 Å². The molecule has 1 aliphatic heterocycles. The fourth-order valence-electron chi connectivity index (χ4n) is 1.89. The normalized spacial score (nSPS) is 20.1. The van der Waals surface area contributed by atoms with E-state index in [4.69, 9.17) is 0 Å². The molecule has 2 heterocycles. The third-order valence-electron chi connectivity index (χ3n) is 2.65. The number of hydrogen-bond donors (Lipinski definition) is 1. The van der Waals surface area contributed by atoms with Gasteiger partial charge in [0, 0.05) is 31.1 Å². The van der Waals surface area contributed by atoms with Gasteiger partial charge in [0.05, 0.1) is 9.83 Å². The molecule has 2 nitrogen and oxygen atoms in total. The predicted octanol–water partition coefficient (Wildman–Crippen LogP) is 2.64. The molecule has 0 aromatic carbocycles. The van der Waals surface area contributed by atoms with Crippen LogP contribution in [0.25, 0.3) is 0 Å². The summed E-state index contributed by atoms with van der Waals surface area (Å²) in [5.74, 6) is 0. The van der Waals surface area contributed by atoms with E-state index in [-0.39, 0.29) is 0 Å². The monoisotopic (exact) mass is 286 g/mol. The Kier molecular flexibility index (Phi) is 3.97. The molecule has 4 heteroatoms. The van der Waals surface area contributed by atoms with Crippen molar-refractivity contribution >= 4 is 27.3 Å². The van der Waals surface area contributed by atoms with Gasteiger partial charge in [-0.05, 0) is 28.1 Å². The summed E-state index contributed by atoms with van der Waals surface area (Å²) in [6.45, 7) is 8.32. The number of nitrogens with zero attached hydrogens (tertiary/aromatic N) is 1. The average molecular weight is 287 g/mol. The molecule has 82 valence electrons. The Morgan fingerprint density at radius 1 is 1.47 bits per heavy atom. The van der Waals surface area contributed by atoms with E-state index in [1.165, 1.54) is 8.66 Å². The molecule has 0 spiro atoms. The quantitative estimate of drug-likeness (QED) is 0.860. The van der Waals surface area contributed by atoms with Gasteiger partial charge in [-0.1, -0.05) is 6.08 Å². The maximum absolute atomic E-state index is 3.95. The van der Waals surface area contributed by atoms with Gasteiger partial charge in [0.2, 0.25) is 0 Å². The minimum Gasteiger partial charge on any atom is -0.314 e. The van der Waals surface area contributed by atoms with Gasteiger partial charge in [0.1, 0.15) is 0 Å². The first-order valence-electron chi connectivity index (χ1n) is 5.14. The second-order valence-corrected chi connectivity index (χ2v) is 6.10. The number of halogens is 1. The van der Waals surface area contributed by atoms with Crippen LogP contribution in [0.15, 0.2) is 28.6 Å². The summed E-state index contributed by atoms with van der Waals surface area (Å²) in [5.41, 5.74) is 0. The van der Waals surface area contributed by atoms with Crippen LogP contribution in [0.4, 0.5) is 0 Å². The van der Waals surface area contributed by atoms with Crippen LogP contribution in [0.1, 0.15) is 10.9 Å². The van der Waals surface area contributed by atoms with Crippen LogP contribution < -0.4 is 5.32 Å². The lowest BCUT2D eigenvalue weighted by molar-refractivity contribution is 0.206. The zero-order valence-corrected chi connectivity index (χ0v) is 11.0. The third-order valence-corrected chi connectivity index (χ3v) is 4.35. The zero-order valence-electron chi connectivity index (χ0n) is 8.58. The summed E-state index contributed by atoms with van der Waals surface area (Å²) in [5, 5.41) is 3.37. The molecule has 0 aliphatic carbocycles. The van der Waals surface area contributed by atoms with Gasteiger partial charge in [-0.2, -0.15) is 0 Å². The summed E-state index contributed by atoms with van der Waals surface area (Å²) >= 11 is 5.30. The highest BCUT2D eigenvalue weighted by Crippen LogP contribution is 2.31. The summed E-state index contributed by atoms with van der Waals surface area (Å²) in [4.78, 5) is 3.85. The Morgan fingerprint density at radius 3 is 2.73 bits per heavy atom. The fraction of sp³-hybridized carbons (Fsp3) is 0.455. The van der Waals surface area contributed by atoms with E-state index in [0.29, 0.717) is 6.04 Å². The SMILES string of the molecule is C=C[C@@H](c1ccc(Br)s1)N1CCNCC1. The minimum absolute atomic E-state index is 0.378. The molecule has 1 aliphatic rings. The molecule has 1 aromatic heterocycles. The summed E-state index contributed by atoms with van der Waals surface area (Å²) in [6.07, 6.45) is 2.05. The Bertz CT molecular complexity index is 331. The first-order chi connectivity index (χ1) is 7.31. The maximum atomic E-state index is 3.95. The second kappa shape index (κ2) is 5.25. The number of rotatable bonds is 3. The van der Waals surface area contributed by atoms with E-state index < -0.39 is 0 Å². The lowest BCUT2D eigenvalue weighted by Crippen LogP contribution is -2.44. The molecule has 1 fully saturated rings. The second-order valence-electron chi connectivity index (χ2n) is 3.61. The zero-order chi connectivity index (χ0) is 10.7. The van der Waals surface area contributed by atoms with Crippen molar-refractivity contribution in [3.63, 3.8) is 0 Å². The lowest BCUT2D eigenvalue weighted by Gasteiger charge is -2.32. The molecule has 1 atom stereocenters. The van der Waals surface area contributed by atoms with Gasteiger partial charge in [0.25, 0.3) is 0 Å². The van der Waals surface area contributed by atoms with E-state index in [1.54, 1.807) is 11.3 Å². The molecule has 2 rings (SSSR count). The Morgan fingerprint density at radius 2 is 2.20 bits per heavy atom. The van der Waals surface area contributed by atoms with Crippen LogP contribution in [0, 0.1) is 0 Å². The van der Waals surface area contributed by atoms with E-state index in [9.17, 15) is 0 Å². The van der Waals surface area contributed by atoms with Crippen LogP contribution in [-0.2, 0) is 0 Å². The molecule has 0 amide bonds. The smallest absolute Gasteiger partial charge is 0.0702 e. The summed E-state index contributed by atoms with van der Waals surface area (Å²) in [6, 6.07) is 4.67. The number of thiophene rings is 1. The Balaban J connectivity index is 2.12. The van der Waals surface area contributed by atoms with E-state index in [1.807, 2.05) is 6.08 Å². The topological polar surface area (TPSA) is 15.3 Å². The molecule has 1 aromatic rings. The molecule has 0 radical (unpaired) electrons. The first-order valence-corrected chi connectivity index (χ1v) is 6.75. The molecular formula is C11H15BrN2S. The molecule has 1 N–H and O–H groups in total. The number of hydrogen-bond acceptors (Lipinski definition) is 3. The number of piperazine rings is 1. The van der Waals surface area contributed by atoms with Crippen molar-refractivity contribution in [3.8, 4) is 0 Å². The molecular weight excluding hydrogens is 272 g/mol. The van der Waals surface area contributed by atoms with Crippen molar-refractivity contribution in [2.45, 2.75) is 6.04 Å². The highest BCUT2D eigenvalue weighted by molar-refractivity contribution is 9.11. The predicted molar refractivity (Wildman–Crippen MR) is 69.4 cm³/mol. The standard InChI is InChI=1S/C11H15BrN2S/c1-2-9(10-3-4-11(12)15-10)14-7-5-13-6-8-14/h2-4,9,13H,1,5-8H2/t9-/m0/s1. The van der Waals surface area contributed by atoms with Crippen molar-refractivity contribution < 1.29 is 0 Å². The highest BCUT2D eigenvalue weighted by Gasteiger charge is 2.20. The van der Waals surface area contributed by atoms with Crippen molar-refractivity contribution in [1.29, 1.82) is 0 Å². The minimum atomic E-state index is 0.378. The van der Waals surface area contributed by atoms with E-state index in [2.05, 4.69) is 44.9 Å². The van der Waals surface area contributed by atoms with Crippen LogP contribution in [0.2, 0.25) is 0 Å². The van der Waals surface area contributed by atoms with Crippen molar-refractivity contribution in [2.75, 3.05) is 26.2 Å². The molecule has 1 saturated heterocycles. The van der Waals surface area contributed by atoms with Crippen molar-refractivity contribution in [1.82, 2.24) is 10.2 Å². The van der Waals surface area contributed by atoms with E-state index in [0.717, 1.165) is 26.2 Å². The molecule has 0 bridgehead atoms. The Hall–Kier alpha value is -0.160. The van der Waals surface area contributed by atoms with Gasteiger partial charge in [-0.3, -0.25) is 4.90 Å². The number of nitrogens with one attached hydrogen (secondary N) is 1. The van der Waals surface area contributed by atoms with Crippen molar-refractivity contribution in [2.24, 2.45) is 0 Å². The fourth-order valence-corrected chi connectivity index (χ4v) is 3.45. The Labute approximate surface area is 103 Å². The van der Waals surface area contributed by atoms with Gasteiger partial charge in [-0.15, -0.1) is 17.9 Å². The van der Waals surface area contributed by atoms with Crippen molar-refractivity contribution in [3.05, 3.63) is 33.5 Å². The summed E-state index contributed by atoms with van der Waals surface area (Å²) in [7, 11) is 0. The first kappa shape index (κ1) is 11.3. The van der Waals surface area contributed by atoms with Gasteiger partial charge in [0.15, 0.2) is 0 Å². The van der Waals surface area contributed by atoms with Crippen LogP contribution in [0.5, 0.6) is 0 Å². The maximum Gasteiger partial charge on any atom is 0.0702 e. The highest BCUT2D eigenvalue weighted by atomic mass is 79.9. The average Bonchev–Trinajstić information content (AvgIpc) is 2.68. The largest absolute Gasteiger partial charge is 0.314 e. The third kappa shape index (κ3) is 2.69. The lowest BCUT2D eigenvalue weighted by atomic mass is 10.2.